The number of ether oxygens (including phenoxy) is 1. The molecule has 1 heterocycles. The number of rotatable bonds is 8. The summed E-state index contributed by atoms with van der Waals surface area (Å²) in [5, 5.41) is 3.13. The van der Waals surface area contributed by atoms with Crippen molar-refractivity contribution in [2.45, 2.75) is 44.8 Å². The van der Waals surface area contributed by atoms with Gasteiger partial charge in [-0.2, -0.15) is 8.78 Å². The number of hydrogen-bond donors (Lipinski definition) is 1. The lowest BCUT2D eigenvalue weighted by Gasteiger charge is -2.43. The van der Waals surface area contributed by atoms with Crippen molar-refractivity contribution < 1.29 is 31.5 Å². The minimum Gasteiger partial charge on any atom is -0.432 e. The van der Waals surface area contributed by atoms with Gasteiger partial charge in [0.1, 0.15) is 0 Å². The maximum atomic E-state index is 14.0. The van der Waals surface area contributed by atoms with Gasteiger partial charge in [-0.05, 0) is 42.4 Å². The van der Waals surface area contributed by atoms with Crippen LogP contribution in [0.4, 0.5) is 22.0 Å². The number of aromatic nitrogens is 1. The van der Waals surface area contributed by atoms with Crippen LogP contribution in [-0.2, 0) is 0 Å². The van der Waals surface area contributed by atoms with Crippen LogP contribution in [0.3, 0.4) is 0 Å². The van der Waals surface area contributed by atoms with Gasteiger partial charge in [0.05, 0.1) is 11.1 Å². The van der Waals surface area contributed by atoms with Crippen molar-refractivity contribution in [2.24, 2.45) is 11.8 Å². The first-order chi connectivity index (χ1) is 16.2. The number of nitrogens with one attached hydrogen (secondary N) is 1. The molecule has 1 amide bonds. The molecule has 9 heteroatoms. The number of pyridine rings is 1. The van der Waals surface area contributed by atoms with Gasteiger partial charge < -0.3 is 10.1 Å². The molecule has 2 aromatic carbocycles. The number of hydrogen-bond acceptors (Lipinski definition) is 3. The Bertz CT molecular complexity index is 1150. The normalized spacial score (nSPS) is 19.6. The second kappa shape index (κ2) is 9.95. The Morgan fingerprint density at radius 1 is 1.09 bits per heavy atom. The van der Waals surface area contributed by atoms with Gasteiger partial charge in [0.25, 0.3) is 5.91 Å². The highest BCUT2D eigenvalue weighted by molar-refractivity contribution is 5.97. The Morgan fingerprint density at radius 3 is 2.44 bits per heavy atom. The van der Waals surface area contributed by atoms with Gasteiger partial charge in [-0.1, -0.05) is 37.3 Å². The van der Waals surface area contributed by atoms with Crippen LogP contribution in [0.1, 0.15) is 41.6 Å². The van der Waals surface area contributed by atoms with Gasteiger partial charge >= 0.3 is 6.61 Å². The third-order valence-corrected chi connectivity index (χ3v) is 6.38. The van der Waals surface area contributed by atoms with Crippen LogP contribution >= 0.6 is 0 Å². The highest BCUT2D eigenvalue weighted by Gasteiger charge is 2.41. The van der Waals surface area contributed by atoms with Crippen LogP contribution in [0.2, 0.25) is 0 Å². The molecule has 1 aromatic heterocycles. The van der Waals surface area contributed by atoms with Crippen LogP contribution in [0, 0.1) is 17.7 Å². The number of carbonyl (C=O) groups is 1. The molecular formula is C25H23F5N2O2. The van der Waals surface area contributed by atoms with Crippen molar-refractivity contribution in [3.63, 3.8) is 0 Å². The van der Waals surface area contributed by atoms with E-state index in [4.69, 9.17) is 0 Å². The lowest BCUT2D eigenvalue weighted by molar-refractivity contribution is -0.0520. The maximum absolute atomic E-state index is 14.0. The molecule has 1 fully saturated rings. The summed E-state index contributed by atoms with van der Waals surface area (Å²) in [6, 6.07) is 12.5. The minimum absolute atomic E-state index is 0.00813. The smallest absolute Gasteiger partial charge is 0.387 e. The summed E-state index contributed by atoms with van der Waals surface area (Å²) in [4.78, 5) is 16.7. The molecule has 1 saturated carbocycles. The molecule has 0 aliphatic heterocycles. The zero-order chi connectivity index (χ0) is 24.4. The topological polar surface area (TPSA) is 51.2 Å². The van der Waals surface area contributed by atoms with E-state index in [-0.39, 0.29) is 34.3 Å². The van der Waals surface area contributed by atoms with Gasteiger partial charge in [-0.3, -0.25) is 9.78 Å². The van der Waals surface area contributed by atoms with E-state index in [2.05, 4.69) is 15.0 Å². The average molecular weight is 478 g/mol. The van der Waals surface area contributed by atoms with E-state index in [0.29, 0.717) is 12.8 Å². The first kappa shape index (κ1) is 23.9. The van der Waals surface area contributed by atoms with Crippen LogP contribution in [0.5, 0.6) is 5.75 Å². The Hall–Kier alpha value is -3.23. The monoisotopic (exact) mass is 478 g/mol. The molecule has 4 rings (SSSR count). The second-order valence-electron chi connectivity index (χ2n) is 8.61. The fourth-order valence-electron chi connectivity index (χ4n) is 4.62. The zero-order valence-corrected chi connectivity index (χ0v) is 18.2. The summed E-state index contributed by atoms with van der Waals surface area (Å²) < 4.78 is 69.9. The summed E-state index contributed by atoms with van der Waals surface area (Å²) >= 11 is 0. The quantitative estimate of drug-likeness (QED) is 0.394. The van der Waals surface area contributed by atoms with Gasteiger partial charge in [0, 0.05) is 29.6 Å². The molecule has 1 aliphatic rings. The summed E-state index contributed by atoms with van der Waals surface area (Å²) in [6.45, 7) is -1.63. The number of amides is 1. The Kier molecular flexibility index (Phi) is 7.00. The Balaban J connectivity index is 1.42. The first-order valence-electron chi connectivity index (χ1n) is 10.9. The van der Waals surface area contributed by atoms with Crippen molar-refractivity contribution in [3.05, 3.63) is 71.7 Å². The van der Waals surface area contributed by atoms with Crippen LogP contribution in [-0.4, -0.2) is 30.0 Å². The number of halogens is 5. The van der Waals surface area contributed by atoms with E-state index >= 15 is 0 Å². The number of fused-ring (bicyclic) bond motifs is 1. The van der Waals surface area contributed by atoms with Crippen LogP contribution in [0.15, 0.2) is 54.7 Å². The molecule has 0 radical (unpaired) electrons. The molecule has 4 nitrogen and oxygen atoms in total. The lowest BCUT2D eigenvalue weighted by Crippen LogP contribution is -2.47. The van der Waals surface area contributed by atoms with Gasteiger partial charge in [0.2, 0.25) is 6.43 Å². The fourth-order valence-corrected chi connectivity index (χ4v) is 4.62. The third kappa shape index (κ3) is 5.13. The molecule has 34 heavy (non-hydrogen) atoms. The first-order valence-corrected chi connectivity index (χ1v) is 10.9. The highest BCUT2D eigenvalue weighted by Crippen LogP contribution is 2.45. The van der Waals surface area contributed by atoms with Crippen molar-refractivity contribution in [3.8, 4) is 5.75 Å². The van der Waals surface area contributed by atoms with Crippen molar-refractivity contribution >= 4 is 16.8 Å². The summed E-state index contributed by atoms with van der Waals surface area (Å²) in [5.74, 6) is -3.17. The maximum Gasteiger partial charge on any atom is 0.387 e. The third-order valence-electron chi connectivity index (χ3n) is 6.38. The number of carbonyl (C=O) groups excluding carboxylic acids is 1. The van der Waals surface area contributed by atoms with E-state index in [1.54, 1.807) is 6.92 Å². The molecule has 0 saturated heterocycles. The largest absolute Gasteiger partial charge is 0.432 e. The van der Waals surface area contributed by atoms with Crippen LogP contribution in [0.25, 0.3) is 10.9 Å². The van der Waals surface area contributed by atoms with Gasteiger partial charge in [0.15, 0.2) is 11.6 Å². The van der Waals surface area contributed by atoms with Gasteiger partial charge in [-0.25, -0.2) is 13.2 Å². The molecule has 3 aromatic rings. The fraction of sp³-hybridized carbons (Fsp3) is 0.360. The van der Waals surface area contributed by atoms with Crippen LogP contribution < -0.4 is 10.1 Å². The number of alkyl halides is 4. The molecule has 2 unspecified atom stereocenters. The second-order valence-corrected chi connectivity index (χ2v) is 8.61. The molecular weight excluding hydrogens is 455 g/mol. The molecule has 2 atom stereocenters. The minimum atomic E-state index is -3.17. The van der Waals surface area contributed by atoms with E-state index in [1.807, 2.05) is 30.3 Å². The lowest BCUT2D eigenvalue weighted by atomic mass is 9.66. The van der Waals surface area contributed by atoms with E-state index in [1.165, 1.54) is 12.3 Å². The predicted octanol–water partition coefficient (Wildman–Crippen LogP) is 6.17. The Morgan fingerprint density at radius 2 is 1.79 bits per heavy atom. The SMILES string of the molecule is CC(C(F)F)C(c1ccccc1)C1CC(NC(=O)c2cnc3cc(OC(F)F)c(F)cc3c2)C1. The van der Waals surface area contributed by atoms with Crippen molar-refractivity contribution in [1.82, 2.24) is 10.3 Å². The summed E-state index contributed by atoms with van der Waals surface area (Å²) in [6.07, 6.45) is -0.0585. The average Bonchev–Trinajstić information content (AvgIpc) is 2.77. The summed E-state index contributed by atoms with van der Waals surface area (Å²) in [5.41, 5.74) is 1.24. The molecule has 0 bridgehead atoms. The van der Waals surface area contributed by atoms with E-state index in [9.17, 15) is 26.7 Å². The molecule has 0 spiro atoms. The summed E-state index contributed by atoms with van der Waals surface area (Å²) in [7, 11) is 0. The molecule has 1 N–H and O–H groups in total. The molecule has 180 valence electrons. The highest BCUT2D eigenvalue weighted by atomic mass is 19.3. The standard InChI is InChI=1S/C25H23F5N2O2/c1-13(23(27)28)22(14-5-3-2-4-6-14)16-8-18(9-16)32-24(33)17-7-15-10-19(26)21(34-25(29)30)11-20(15)31-12-17/h2-7,10-13,16,18,22-23,25H,8-9H2,1H3,(H,32,33). The number of benzene rings is 2. The van der Waals surface area contributed by atoms with E-state index in [0.717, 1.165) is 17.7 Å². The zero-order valence-electron chi connectivity index (χ0n) is 18.2. The van der Waals surface area contributed by atoms with E-state index < -0.39 is 36.4 Å². The van der Waals surface area contributed by atoms with Crippen molar-refractivity contribution in [1.29, 1.82) is 0 Å². The Labute approximate surface area is 193 Å². The number of nitrogens with zero attached hydrogens (tertiary/aromatic N) is 1. The van der Waals surface area contributed by atoms with Crippen molar-refractivity contribution in [2.75, 3.05) is 0 Å². The van der Waals surface area contributed by atoms with Gasteiger partial charge in [-0.15, -0.1) is 0 Å². The predicted molar refractivity (Wildman–Crippen MR) is 117 cm³/mol. The molecule has 1 aliphatic carbocycles.